The number of rotatable bonds is 7. The van der Waals surface area contributed by atoms with Gasteiger partial charge in [-0.1, -0.05) is 29.2 Å². The first-order valence-electron chi connectivity index (χ1n) is 6.13. The number of hydrogen-bond donors (Lipinski definition) is 2. The highest BCUT2D eigenvalue weighted by atomic mass is 32.2. The average Bonchev–Trinajstić information content (AvgIpc) is 3.02. The van der Waals surface area contributed by atoms with Crippen molar-refractivity contribution in [3.63, 3.8) is 0 Å². The summed E-state index contributed by atoms with van der Waals surface area (Å²) in [4.78, 5) is 17.2. The van der Waals surface area contributed by atoms with Gasteiger partial charge >= 0.3 is 0 Å². The Morgan fingerprint density at radius 3 is 2.81 bits per heavy atom. The summed E-state index contributed by atoms with van der Waals surface area (Å²) in [6, 6.07) is 0. The molecular formula is C12H15N5OS3. The molecule has 0 saturated heterocycles. The quantitative estimate of drug-likeness (QED) is 0.595. The Kier molecular flexibility index (Phi) is 5.71. The van der Waals surface area contributed by atoms with Crippen LogP contribution in [0.25, 0.3) is 0 Å². The summed E-state index contributed by atoms with van der Waals surface area (Å²) in [5, 5.41) is 15.2. The second-order valence-corrected chi connectivity index (χ2v) is 7.44. The third-order valence-corrected chi connectivity index (χ3v) is 5.41. The zero-order valence-electron chi connectivity index (χ0n) is 11.7. The predicted molar refractivity (Wildman–Crippen MR) is 89.5 cm³/mol. The number of aromatic nitrogens is 3. The van der Waals surface area contributed by atoms with E-state index in [1.807, 2.05) is 13.8 Å². The van der Waals surface area contributed by atoms with Crippen LogP contribution in [0.4, 0.5) is 10.3 Å². The highest BCUT2D eigenvalue weighted by molar-refractivity contribution is 8.01. The molecule has 0 fully saturated rings. The fraction of sp³-hybridized carbons (Fsp3) is 0.333. The molecule has 9 heteroatoms. The third-order valence-electron chi connectivity index (χ3n) is 2.41. The van der Waals surface area contributed by atoms with Crippen LogP contribution in [0.3, 0.4) is 0 Å². The highest BCUT2D eigenvalue weighted by Gasteiger charge is 2.10. The lowest BCUT2D eigenvalue weighted by Gasteiger charge is -1.99. The number of aryl methyl sites for hydroxylation is 2. The van der Waals surface area contributed by atoms with Crippen LogP contribution < -0.4 is 10.6 Å². The summed E-state index contributed by atoms with van der Waals surface area (Å²) in [5.41, 5.74) is 0.949. The summed E-state index contributed by atoms with van der Waals surface area (Å²) in [6.07, 6.45) is 1.75. The number of amides is 1. The van der Waals surface area contributed by atoms with Crippen LogP contribution >= 0.6 is 34.4 Å². The van der Waals surface area contributed by atoms with Crippen molar-refractivity contribution >= 4 is 50.6 Å². The van der Waals surface area contributed by atoms with E-state index in [1.54, 1.807) is 6.08 Å². The molecule has 112 valence electrons. The lowest BCUT2D eigenvalue weighted by atomic mass is 10.4. The van der Waals surface area contributed by atoms with E-state index in [0.717, 1.165) is 20.0 Å². The van der Waals surface area contributed by atoms with Crippen LogP contribution in [0.1, 0.15) is 10.6 Å². The number of nitrogens with zero attached hydrogens (tertiary/aromatic N) is 3. The lowest BCUT2D eigenvalue weighted by molar-refractivity contribution is -0.113. The van der Waals surface area contributed by atoms with Crippen molar-refractivity contribution in [3.8, 4) is 0 Å². The maximum Gasteiger partial charge on any atom is 0.236 e. The second kappa shape index (κ2) is 7.53. The molecule has 0 atom stereocenters. The van der Waals surface area contributed by atoms with E-state index in [2.05, 4.69) is 32.4 Å². The van der Waals surface area contributed by atoms with Gasteiger partial charge in [0.25, 0.3) is 0 Å². The number of hydrogen-bond acceptors (Lipinski definition) is 8. The van der Waals surface area contributed by atoms with Crippen LogP contribution in [0, 0.1) is 13.8 Å². The zero-order chi connectivity index (χ0) is 15.2. The van der Waals surface area contributed by atoms with E-state index >= 15 is 0 Å². The van der Waals surface area contributed by atoms with Gasteiger partial charge in [0, 0.05) is 11.4 Å². The number of nitrogens with one attached hydrogen (secondary N) is 2. The molecule has 6 nitrogen and oxygen atoms in total. The minimum absolute atomic E-state index is 0.0930. The van der Waals surface area contributed by atoms with Crippen molar-refractivity contribution in [2.45, 2.75) is 18.2 Å². The van der Waals surface area contributed by atoms with Crippen LogP contribution in [-0.2, 0) is 4.79 Å². The Balaban J connectivity index is 1.80. The number of thioether (sulfide) groups is 1. The van der Waals surface area contributed by atoms with Crippen LogP contribution in [0.5, 0.6) is 0 Å². The lowest BCUT2D eigenvalue weighted by Crippen LogP contribution is -2.13. The molecule has 2 heterocycles. The van der Waals surface area contributed by atoms with Crippen LogP contribution in [0.2, 0.25) is 0 Å². The molecule has 0 bridgehead atoms. The third kappa shape index (κ3) is 4.80. The van der Waals surface area contributed by atoms with Gasteiger partial charge in [-0.15, -0.1) is 28.1 Å². The number of anilines is 2. The van der Waals surface area contributed by atoms with E-state index in [4.69, 9.17) is 0 Å². The summed E-state index contributed by atoms with van der Waals surface area (Å²) >= 11 is 4.25. The molecule has 2 aromatic rings. The molecule has 0 aliphatic rings. The van der Waals surface area contributed by atoms with E-state index < -0.39 is 0 Å². The largest absolute Gasteiger partial charge is 0.357 e. The fourth-order valence-electron chi connectivity index (χ4n) is 1.31. The summed E-state index contributed by atoms with van der Waals surface area (Å²) in [5.74, 6) is 0.192. The summed E-state index contributed by atoms with van der Waals surface area (Å²) in [7, 11) is 0. The first-order chi connectivity index (χ1) is 10.1. The SMILES string of the molecule is C=CCNc1nnc(SCC(=O)Nc2nc(C)c(C)s2)s1. The minimum Gasteiger partial charge on any atom is -0.357 e. The fourth-order valence-corrected chi connectivity index (χ4v) is 3.70. The van der Waals surface area contributed by atoms with Crippen LogP contribution in [-0.4, -0.2) is 33.4 Å². The molecule has 2 N–H and O–H groups in total. The van der Waals surface area contributed by atoms with Crippen molar-refractivity contribution in [2.24, 2.45) is 0 Å². The molecule has 2 aromatic heterocycles. The molecule has 1 amide bonds. The highest BCUT2D eigenvalue weighted by Crippen LogP contribution is 2.26. The van der Waals surface area contributed by atoms with Crippen molar-refractivity contribution in [1.82, 2.24) is 15.2 Å². The molecule has 0 spiro atoms. The molecule has 0 aliphatic heterocycles. The monoisotopic (exact) mass is 341 g/mol. The minimum atomic E-state index is -0.0930. The smallest absolute Gasteiger partial charge is 0.236 e. The van der Waals surface area contributed by atoms with Crippen molar-refractivity contribution < 1.29 is 4.79 Å². The Hall–Kier alpha value is -1.45. The molecule has 2 rings (SSSR count). The maximum absolute atomic E-state index is 11.8. The van der Waals surface area contributed by atoms with Gasteiger partial charge in [-0.3, -0.25) is 4.79 Å². The standard InChI is InChI=1S/C12H15N5OS3/c1-4-5-13-10-16-17-12(21-10)19-6-9(18)15-11-14-7(2)8(3)20-11/h4H,1,5-6H2,2-3H3,(H,13,16)(H,14,15,18). The Morgan fingerprint density at radius 1 is 1.33 bits per heavy atom. The summed E-state index contributed by atoms with van der Waals surface area (Å²) < 4.78 is 0.753. The molecule has 21 heavy (non-hydrogen) atoms. The summed E-state index contributed by atoms with van der Waals surface area (Å²) in [6.45, 7) is 8.17. The molecule has 0 unspecified atom stereocenters. The Labute approximate surface area is 135 Å². The Morgan fingerprint density at radius 2 is 2.14 bits per heavy atom. The van der Waals surface area contributed by atoms with Crippen LogP contribution in [0.15, 0.2) is 17.0 Å². The molecular weight excluding hydrogens is 326 g/mol. The van der Waals surface area contributed by atoms with Gasteiger partial charge in [0.15, 0.2) is 9.47 Å². The van der Waals surface area contributed by atoms with Crippen molar-refractivity contribution in [1.29, 1.82) is 0 Å². The van der Waals surface area contributed by atoms with Gasteiger partial charge < -0.3 is 10.6 Å². The average molecular weight is 341 g/mol. The van der Waals surface area contributed by atoms with E-state index in [9.17, 15) is 4.79 Å². The van der Waals surface area contributed by atoms with Gasteiger partial charge in [-0.05, 0) is 13.8 Å². The van der Waals surface area contributed by atoms with E-state index in [0.29, 0.717) is 11.7 Å². The molecule has 0 radical (unpaired) electrons. The zero-order valence-corrected chi connectivity index (χ0v) is 14.1. The number of thiazole rings is 1. The predicted octanol–water partition coefficient (Wildman–Crippen LogP) is 2.94. The first kappa shape index (κ1) is 15.9. The number of carbonyl (C=O) groups excluding carboxylic acids is 1. The van der Waals surface area contributed by atoms with E-state index in [-0.39, 0.29) is 11.7 Å². The normalized spacial score (nSPS) is 10.4. The van der Waals surface area contributed by atoms with Gasteiger partial charge in [0.2, 0.25) is 11.0 Å². The van der Waals surface area contributed by atoms with E-state index in [1.165, 1.54) is 34.4 Å². The van der Waals surface area contributed by atoms with Gasteiger partial charge in [-0.2, -0.15) is 0 Å². The van der Waals surface area contributed by atoms with Crippen molar-refractivity contribution in [2.75, 3.05) is 22.9 Å². The first-order valence-corrected chi connectivity index (χ1v) is 8.75. The molecule has 0 aromatic carbocycles. The number of carbonyl (C=O) groups is 1. The maximum atomic E-state index is 11.8. The Bertz CT molecular complexity index is 617. The topological polar surface area (TPSA) is 79.8 Å². The van der Waals surface area contributed by atoms with Gasteiger partial charge in [-0.25, -0.2) is 4.98 Å². The second-order valence-electron chi connectivity index (χ2n) is 4.04. The van der Waals surface area contributed by atoms with Gasteiger partial charge in [0.1, 0.15) is 0 Å². The van der Waals surface area contributed by atoms with Crippen molar-refractivity contribution in [3.05, 3.63) is 23.2 Å². The molecule has 0 saturated carbocycles. The molecule has 0 aliphatic carbocycles. The van der Waals surface area contributed by atoms with Gasteiger partial charge in [0.05, 0.1) is 11.4 Å².